The number of unbranched alkanes of at least 4 members (excludes halogenated alkanes) is 8. The number of carbonyl (C=O) groups is 2. The van der Waals surface area contributed by atoms with Gasteiger partial charge in [0.05, 0.1) is 26.1 Å². The third-order valence-corrected chi connectivity index (χ3v) is 3.91. The normalized spacial score (nSPS) is 12.0. The molecule has 0 aliphatic heterocycles. The first-order chi connectivity index (χ1) is 10.7. The van der Waals surface area contributed by atoms with Crippen LogP contribution >= 0.6 is 0 Å². The maximum atomic E-state index is 11.7. The number of esters is 2. The molecule has 1 atom stereocenters. The molecule has 0 fully saturated rings. The molecule has 0 aromatic rings. The fraction of sp³-hybridized carbons (Fsp3) is 0.889. The highest BCUT2D eigenvalue weighted by molar-refractivity contribution is 5.79. The van der Waals surface area contributed by atoms with Crippen LogP contribution in [0.2, 0.25) is 0 Å². The Hall–Kier alpha value is -1.06. The van der Waals surface area contributed by atoms with Gasteiger partial charge in [0.15, 0.2) is 0 Å². The van der Waals surface area contributed by atoms with E-state index in [9.17, 15) is 9.59 Å². The Bertz CT molecular complexity index is 289. The molecule has 0 amide bonds. The Balaban J connectivity index is 3.75. The number of rotatable bonds is 14. The second-order valence-electron chi connectivity index (χ2n) is 5.85. The lowest BCUT2D eigenvalue weighted by Crippen LogP contribution is -2.21. The summed E-state index contributed by atoms with van der Waals surface area (Å²) in [4.78, 5) is 23.2. The quantitative estimate of drug-likeness (QED) is 0.346. The monoisotopic (exact) mass is 314 g/mol. The maximum absolute atomic E-state index is 11.7. The Labute approximate surface area is 135 Å². The van der Waals surface area contributed by atoms with Gasteiger partial charge in [0.25, 0.3) is 0 Å². The highest BCUT2D eigenvalue weighted by Gasteiger charge is 2.22. The number of carbonyl (C=O) groups excluding carboxylic acids is 2. The first-order valence-corrected chi connectivity index (χ1v) is 8.89. The van der Waals surface area contributed by atoms with Crippen molar-refractivity contribution in [3.05, 3.63) is 0 Å². The predicted molar refractivity (Wildman–Crippen MR) is 88.6 cm³/mol. The van der Waals surface area contributed by atoms with Gasteiger partial charge in [0.2, 0.25) is 0 Å². The van der Waals surface area contributed by atoms with Crippen LogP contribution in [0.1, 0.15) is 84.5 Å². The van der Waals surface area contributed by atoms with Gasteiger partial charge in [-0.05, 0) is 13.3 Å². The van der Waals surface area contributed by atoms with Crippen molar-refractivity contribution in [2.75, 3.05) is 13.7 Å². The van der Waals surface area contributed by atoms with Crippen LogP contribution in [0.4, 0.5) is 0 Å². The van der Waals surface area contributed by atoms with Crippen LogP contribution in [0.15, 0.2) is 0 Å². The topological polar surface area (TPSA) is 52.6 Å². The van der Waals surface area contributed by atoms with Crippen LogP contribution in [-0.2, 0) is 19.1 Å². The van der Waals surface area contributed by atoms with E-state index in [-0.39, 0.29) is 24.3 Å². The third-order valence-electron chi connectivity index (χ3n) is 3.91. The van der Waals surface area contributed by atoms with E-state index in [2.05, 4.69) is 6.92 Å². The molecule has 0 radical (unpaired) electrons. The molecule has 1 unspecified atom stereocenters. The van der Waals surface area contributed by atoms with Crippen LogP contribution in [0.5, 0.6) is 0 Å². The Kier molecular flexibility index (Phi) is 14.1. The van der Waals surface area contributed by atoms with Crippen LogP contribution < -0.4 is 0 Å². The molecule has 0 bridgehead atoms. The number of methoxy groups -OCH3 is 1. The summed E-state index contributed by atoms with van der Waals surface area (Å²) in [5.74, 6) is -0.963. The lowest BCUT2D eigenvalue weighted by Gasteiger charge is -2.13. The van der Waals surface area contributed by atoms with Gasteiger partial charge >= 0.3 is 11.9 Å². The van der Waals surface area contributed by atoms with E-state index < -0.39 is 0 Å². The van der Waals surface area contributed by atoms with Gasteiger partial charge in [-0.2, -0.15) is 0 Å². The highest BCUT2D eigenvalue weighted by atomic mass is 16.5. The van der Waals surface area contributed by atoms with E-state index in [0.717, 1.165) is 12.8 Å². The minimum Gasteiger partial charge on any atom is -0.469 e. The minimum atomic E-state index is -0.353. The van der Waals surface area contributed by atoms with Crippen LogP contribution in [-0.4, -0.2) is 25.7 Å². The maximum Gasteiger partial charge on any atom is 0.309 e. The number of hydrogen-bond acceptors (Lipinski definition) is 4. The summed E-state index contributed by atoms with van der Waals surface area (Å²) in [6, 6.07) is 0. The fourth-order valence-corrected chi connectivity index (χ4v) is 2.59. The zero-order valence-corrected chi connectivity index (χ0v) is 14.7. The van der Waals surface area contributed by atoms with Crippen molar-refractivity contribution >= 4 is 11.9 Å². The van der Waals surface area contributed by atoms with E-state index in [1.54, 1.807) is 6.92 Å². The molecule has 22 heavy (non-hydrogen) atoms. The summed E-state index contributed by atoms with van der Waals surface area (Å²) < 4.78 is 9.69. The molecule has 0 spiro atoms. The van der Waals surface area contributed by atoms with Gasteiger partial charge in [0.1, 0.15) is 0 Å². The molecule has 0 rings (SSSR count). The first-order valence-electron chi connectivity index (χ1n) is 8.89. The molecular weight excluding hydrogens is 280 g/mol. The average Bonchev–Trinajstić information content (AvgIpc) is 2.51. The van der Waals surface area contributed by atoms with Gasteiger partial charge < -0.3 is 9.47 Å². The third kappa shape index (κ3) is 11.6. The standard InChI is InChI=1S/C18H34O4/c1-4-6-7-8-9-10-11-12-13-14-16(18(20)21-3)15-17(19)22-5-2/h16H,4-15H2,1-3H3. The van der Waals surface area contributed by atoms with Crippen molar-refractivity contribution in [2.24, 2.45) is 5.92 Å². The Morgan fingerprint density at radius 1 is 0.864 bits per heavy atom. The summed E-state index contributed by atoms with van der Waals surface area (Å²) in [5, 5.41) is 0. The van der Waals surface area contributed by atoms with Gasteiger partial charge in [0, 0.05) is 0 Å². The Morgan fingerprint density at radius 2 is 1.41 bits per heavy atom. The van der Waals surface area contributed by atoms with E-state index in [4.69, 9.17) is 9.47 Å². The first kappa shape index (κ1) is 20.9. The molecule has 4 heteroatoms. The zero-order chi connectivity index (χ0) is 16.6. The highest BCUT2D eigenvalue weighted by Crippen LogP contribution is 2.18. The van der Waals surface area contributed by atoms with E-state index in [0.29, 0.717) is 13.0 Å². The minimum absolute atomic E-state index is 0.136. The molecule has 4 nitrogen and oxygen atoms in total. The van der Waals surface area contributed by atoms with Gasteiger partial charge in [-0.3, -0.25) is 9.59 Å². The van der Waals surface area contributed by atoms with Crippen molar-refractivity contribution in [2.45, 2.75) is 84.5 Å². The van der Waals surface area contributed by atoms with E-state index in [1.807, 2.05) is 0 Å². The van der Waals surface area contributed by atoms with Gasteiger partial charge in [-0.1, -0.05) is 64.7 Å². The molecule has 0 heterocycles. The lowest BCUT2D eigenvalue weighted by molar-refractivity contribution is -0.153. The lowest BCUT2D eigenvalue weighted by atomic mass is 9.97. The SMILES string of the molecule is CCCCCCCCCCCC(CC(=O)OCC)C(=O)OC. The molecule has 0 saturated carbocycles. The summed E-state index contributed by atoms with van der Waals surface area (Å²) in [6.07, 6.45) is 12.0. The zero-order valence-electron chi connectivity index (χ0n) is 14.7. The second-order valence-corrected chi connectivity index (χ2v) is 5.85. The molecule has 0 saturated heterocycles. The van der Waals surface area contributed by atoms with Crippen LogP contribution in [0.25, 0.3) is 0 Å². The molecule has 0 aliphatic carbocycles. The van der Waals surface area contributed by atoms with Crippen molar-refractivity contribution in [3.8, 4) is 0 Å². The molecule has 130 valence electrons. The summed E-state index contributed by atoms with van der Waals surface area (Å²) in [7, 11) is 1.37. The smallest absolute Gasteiger partial charge is 0.309 e. The molecule has 0 N–H and O–H groups in total. The van der Waals surface area contributed by atoms with E-state index in [1.165, 1.54) is 52.1 Å². The predicted octanol–water partition coefficient (Wildman–Crippen LogP) is 4.65. The Morgan fingerprint density at radius 3 is 1.91 bits per heavy atom. The van der Waals surface area contributed by atoms with Crippen LogP contribution in [0.3, 0.4) is 0 Å². The van der Waals surface area contributed by atoms with Crippen LogP contribution in [0, 0.1) is 5.92 Å². The number of ether oxygens (including phenoxy) is 2. The summed E-state index contributed by atoms with van der Waals surface area (Å²) >= 11 is 0. The van der Waals surface area contributed by atoms with Crippen molar-refractivity contribution in [1.82, 2.24) is 0 Å². The summed E-state index contributed by atoms with van der Waals surface area (Å²) in [5.41, 5.74) is 0. The van der Waals surface area contributed by atoms with Gasteiger partial charge in [-0.25, -0.2) is 0 Å². The molecule has 0 aromatic carbocycles. The molecular formula is C18H34O4. The van der Waals surface area contributed by atoms with Crippen molar-refractivity contribution in [3.63, 3.8) is 0 Å². The van der Waals surface area contributed by atoms with Crippen molar-refractivity contribution in [1.29, 1.82) is 0 Å². The average molecular weight is 314 g/mol. The largest absolute Gasteiger partial charge is 0.469 e. The van der Waals surface area contributed by atoms with E-state index >= 15 is 0 Å². The number of hydrogen-bond donors (Lipinski definition) is 0. The van der Waals surface area contributed by atoms with Gasteiger partial charge in [-0.15, -0.1) is 0 Å². The fourth-order valence-electron chi connectivity index (χ4n) is 2.59. The second kappa shape index (κ2) is 14.9. The molecule has 0 aliphatic rings. The molecule has 0 aromatic heterocycles. The van der Waals surface area contributed by atoms with Crippen molar-refractivity contribution < 1.29 is 19.1 Å². The summed E-state index contributed by atoms with van der Waals surface area (Å²) in [6.45, 7) is 4.35.